The molecule has 6 N–H and O–H groups in total. The number of ether oxygens (including phenoxy) is 2. The van der Waals surface area contributed by atoms with Crippen molar-refractivity contribution in [3.05, 3.63) is 359 Å². The molecular weight excluding hydrogens is 1780 g/mol. The number of thioether (sulfide) groups is 2. The monoisotopic (exact) mass is 1910 g/mol. The number of carbonyl (C=O) groups excluding carboxylic acids is 11. The Balaban J connectivity index is 1.00. The summed E-state index contributed by atoms with van der Waals surface area (Å²) >= 11 is 2.82. The smallest absolute Gasteiger partial charge is 0.320 e. The first kappa shape index (κ1) is 107. The number of amides is 5. The van der Waals surface area contributed by atoms with E-state index in [2.05, 4.69) is 26.6 Å². The number of aliphatic carboxylic acids is 1. The minimum atomic E-state index is -1.52. The Morgan fingerprint density at radius 2 is 0.763 bits per heavy atom. The minimum absolute atomic E-state index is 0.00310. The molecule has 0 aromatic heterocycles. The third-order valence-corrected chi connectivity index (χ3v) is 29.3. The highest BCUT2D eigenvalue weighted by Crippen LogP contribution is 2.52. The summed E-state index contributed by atoms with van der Waals surface area (Å²) in [6, 6.07) is 89.8. The maximum Gasteiger partial charge on any atom is 0.320 e. The summed E-state index contributed by atoms with van der Waals surface area (Å²) in [5.41, 5.74) is 4.77. The number of carbonyl (C=O) groups is 12. The average Bonchev–Trinajstić information content (AvgIpc) is 0.880. The Hall–Kier alpha value is -12.5. The molecule has 1 saturated heterocycles. The van der Waals surface area contributed by atoms with E-state index in [0.717, 1.165) is 55.6 Å². The maximum absolute atomic E-state index is 17.2. The molecule has 21 nitrogen and oxygen atoms in total. The molecule has 11 rings (SSSR count). The number of carboxylic acids is 1. The average molecular weight is 1920 g/mol. The lowest BCUT2D eigenvalue weighted by Crippen LogP contribution is -2.57. The van der Waals surface area contributed by atoms with Gasteiger partial charge in [0, 0.05) is 80.2 Å². The van der Waals surface area contributed by atoms with E-state index < -0.39 is 177 Å². The standard InChI is InChI=1S/C116H134N6O15S2/c1-12-83(71-102(125)96(13-2)117-108(131)84(70-82-45-24-14-25-46-82)72-101(124)79(3)69-80(4)123)107(130)118-97(66-67-106(129)137-113(9,10)11)103(126)73-85(76-136-112(6,7)8)109(132)120-99(78-139-116(93-59-38-21-39-60-93,94-61-40-22-41-62-94)95-63-42-23-43-64-95)104(127)74-86(77-138-115(90-53-32-18-33-54-90,91-55-34-19-35-56-91)92-57-36-20-37-58-92)110(133)119-98(81(5)122-68-44-65-100(122)111(134)135)75-105(128)121-114(87-47-26-15-27-48-87,88-49-28-16-29-50-88)89-51-30-17-31-52-89/h14-43,45-64,79,81,83-86,96-100H,12-13,44,65-78H2,1-11H3,(H,117,131)(H,118,130)(H,119,133)(H,120,132)(H,121,128)(H,134,135)/t79-,81?,83+,84+,85-,86-,96-,97-,98-,99-,100-/m0/s1. The third-order valence-electron chi connectivity index (χ3n) is 25.9. The molecule has 0 radical (unpaired) electrons. The fraction of sp³-hybridized carbons (Fsp3) is 0.379. The number of likely N-dealkylation sites (tertiary alicyclic amines) is 1. The van der Waals surface area contributed by atoms with Crippen LogP contribution in [-0.4, -0.2) is 153 Å². The van der Waals surface area contributed by atoms with Gasteiger partial charge in [-0.2, -0.15) is 0 Å². The van der Waals surface area contributed by atoms with E-state index in [0.29, 0.717) is 19.4 Å². The predicted octanol–water partition coefficient (Wildman–Crippen LogP) is 18.7. The summed E-state index contributed by atoms with van der Waals surface area (Å²) in [5, 5.41) is 26.8. The highest BCUT2D eigenvalue weighted by molar-refractivity contribution is 8.01. The molecule has 1 aliphatic rings. The molecule has 10 aromatic rings. The van der Waals surface area contributed by atoms with Gasteiger partial charge < -0.3 is 46.0 Å². The van der Waals surface area contributed by atoms with Crippen LogP contribution in [0.3, 0.4) is 0 Å². The highest BCUT2D eigenvalue weighted by Gasteiger charge is 2.47. The Labute approximate surface area is 827 Å². The van der Waals surface area contributed by atoms with Crippen molar-refractivity contribution in [2.45, 2.75) is 222 Å². The second kappa shape index (κ2) is 50.9. The second-order valence-corrected chi connectivity index (χ2v) is 40.9. The molecule has 1 aliphatic heterocycles. The van der Waals surface area contributed by atoms with Crippen LogP contribution in [0.5, 0.6) is 0 Å². The normalized spacial score (nSPS) is 15.3. The van der Waals surface area contributed by atoms with Crippen molar-refractivity contribution >= 4 is 93.9 Å². The SMILES string of the molecule is CC[C@H](CC(=O)[C@H](CC)NC(=O)[C@@H](CC(=O)[C@@H](C)CC(C)=O)Cc1ccccc1)C(=O)N[C@@H](CCC(=O)OC(C)(C)C)C(=O)C[C@@H](COC(C)(C)C)C(=O)N[C@@H](CSC(c1ccccc1)(c1ccccc1)c1ccccc1)C(=O)C[C@@H](CSC(c1ccccc1)(c1ccccc1)c1ccccc1)C(=O)N[C@@H](CC(=O)NC(c1ccccc1)(c1ccccc1)c1ccccc1)C(C)N1CCC[C@H]1C(=O)O. The van der Waals surface area contributed by atoms with Crippen molar-refractivity contribution in [1.82, 2.24) is 31.5 Å². The number of Topliss-reactive ketones (excluding diaryl/α,β-unsaturated/α-hetero) is 5. The molecule has 730 valence electrons. The number of carboxylic acid groups (broad SMARTS) is 1. The Kier molecular flexibility index (Phi) is 39.1. The van der Waals surface area contributed by atoms with E-state index >= 15 is 28.8 Å². The molecule has 5 amide bonds. The van der Waals surface area contributed by atoms with Crippen LogP contribution in [-0.2, 0) is 88.5 Å². The summed E-state index contributed by atoms with van der Waals surface area (Å²) in [6.45, 7) is 18.6. The lowest BCUT2D eigenvalue weighted by molar-refractivity contribution is -0.155. The van der Waals surface area contributed by atoms with E-state index in [-0.39, 0.29) is 74.4 Å². The number of esters is 1. The van der Waals surface area contributed by atoms with Crippen LogP contribution in [0.2, 0.25) is 0 Å². The molecule has 10 aromatic carbocycles. The van der Waals surface area contributed by atoms with Crippen molar-refractivity contribution in [3.63, 3.8) is 0 Å². The zero-order valence-electron chi connectivity index (χ0n) is 81.7. The zero-order chi connectivity index (χ0) is 99.9. The lowest BCUT2D eigenvalue weighted by atomic mass is 9.76. The van der Waals surface area contributed by atoms with Gasteiger partial charge in [0.05, 0.1) is 57.7 Å². The molecule has 0 spiro atoms. The molecular formula is C116H134N6O15S2. The summed E-state index contributed by atoms with van der Waals surface area (Å²) < 4.78 is 10.1. The Bertz CT molecular complexity index is 5410. The molecule has 1 fully saturated rings. The summed E-state index contributed by atoms with van der Waals surface area (Å²) in [5.74, 6) is -13.0. The number of hydrogen-bond acceptors (Lipinski definition) is 17. The van der Waals surface area contributed by atoms with E-state index in [1.807, 2.05) is 315 Å². The zero-order valence-corrected chi connectivity index (χ0v) is 83.3. The van der Waals surface area contributed by atoms with Crippen LogP contribution in [0.25, 0.3) is 0 Å². The number of ketones is 5. The van der Waals surface area contributed by atoms with Crippen LogP contribution in [0, 0.1) is 29.6 Å². The van der Waals surface area contributed by atoms with Gasteiger partial charge in [0.25, 0.3) is 0 Å². The summed E-state index contributed by atoms with van der Waals surface area (Å²) in [4.78, 5) is 182. The van der Waals surface area contributed by atoms with E-state index in [1.54, 1.807) is 62.3 Å². The fourth-order valence-electron chi connectivity index (χ4n) is 18.6. The van der Waals surface area contributed by atoms with E-state index in [4.69, 9.17) is 9.47 Å². The van der Waals surface area contributed by atoms with Crippen molar-refractivity contribution in [3.8, 4) is 0 Å². The Morgan fingerprint density at radius 1 is 0.403 bits per heavy atom. The van der Waals surface area contributed by atoms with E-state index in [1.165, 1.54) is 30.4 Å². The first-order valence-corrected chi connectivity index (χ1v) is 50.4. The van der Waals surface area contributed by atoms with Crippen molar-refractivity contribution in [1.29, 1.82) is 0 Å². The van der Waals surface area contributed by atoms with Crippen LogP contribution < -0.4 is 26.6 Å². The summed E-state index contributed by atoms with van der Waals surface area (Å²) in [6.07, 6.45) is -1.73. The van der Waals surface area contributed by atoms with Crippen molar-refractivity contribution in [2.75, 3.05) is 24.7 Å². The van der Waals surface area contributed by atoms with Gasteiger partial charge in [-0.1, -0.05) is 324 Å². The van der Waals surface area contributed by atoms with Gasteiger partial charge in [-0.3, -0.25) is 57.6 Å². The Morgan fingerprint density at radius 3 is 1.17 bits per heavy atom. The van der Waals surface area contributed by atoms with Gasteiger partial charge >= 0.3 is 11.9 Å². The van der Waals surface area contributed by atoms with Crippen LogP contribution in [0.1, 0.15) is 209 Å². The first-order valence-electron chi connectivity index (χ1n) is 48.4. The van der Waals surface area contributed by atoms with E-state index in [9.17, 15) is 33.9 Å². The number of nitrogens with zero attached hydrogens (tertiary/aromatic N) is 1. The van der Waals surface area contributed by atoms with Gasteiger partial charge in [-0.25, -0.2) is 0 Å². The van der Waals surface area contributed by atoms with Crippen molar-refractivity contribution < 1.29 is 72.1 Å². The fourth-order valence-corrected chi connectivity index (χ4v) is 21.8. The van der Waals surface area contributed by atoms with Gasteiger partial charge in [-0.15, -0.1) is 23.5 Å². The topological polar surface area (TPSA) is 307 Å². The van der Waals surface area contributed by atoms with Crippen LogP contribution in [0.15, 0.2) is 303 Å². The van der Waals surface area contributed by atoms with Gasteiger partial charge in [-0.05, 0) is 156 Å². The molecule has 139 heavy (non-hydrogen) atoms. The summed E-state index contributed by atoms with van der Waals surface area (Å²) in [7, 11) is 0. The molecule has 1 heterocycles. The second-order valence-electron chi connectivity index (χ2n) is 38.4. The van der Waals surface area contributed by atoms with Crippen LogP contribution >= 0.6 is 23.5 Å². The maximum atomic E-state index is 17.2. The lowest BCUT2D eigenvalue weighted by Gasteiger charge is -2.39. The van der Waals surface area contributed by atoms with Gasteiger partial charge in [0.2, 0.25) is 29.5 Å². The van der Waals surface area contributed by atoms with Gasteiger partial charge in [0.15, 0.2) is 17.3 Å². The molecule has 0 saturated carbocycles. The molecule has 11 atom stereocenters. The quantitative estimate of drug-likeness (QED) is 0.0152. The molecule has 1 unspecified atom stereocenters. The largest absolute Gasteiger partial charge is 0.480 e. The minimum Gasteiger partial charge on any atom is -0.480 e. The molecule has 0 aliphatic carbocycles. The predicted molar refractivity (Wildman–Crippen MR) is 548 cm³/mol. The number of hydrogen-bond donors (Lipinski definition) is 6. The van der Waals surface area contributed by atoms with Crippen molar-refractivity contribution in [2.24, 2.45) is 29.6 Å². The molecule has 23 heteroatoms. The third kappa shape index (κ3) is 29.1. The highest BCUT2D eigenvalue weighted by atomic mass is 32.2. The van der Waals surface area contributed by atoms with Crippen LogP contribution in [0.4, 0.5) is 0 Å². The first-order chi connectivity index (χ1) is 66.7. The van der Waals surface area contributed by atoms with Gasteiger partial charge in [0.1, 0.15) is 28.7 Å². The molecule has 0 bridgehead atoms. The number of nitrogens with one attached hydrogen (secondary N) is 5. The number of benzene rings is 10. The number of rotatable bonds is 52.